The molecule has 0 amide bonds. The van der Waals surface area contributed by atoms with Crippen molar-refractivity contribution in [3.63, 3.8) is 0 Å². The van der Waals surface area contributed by atoms with Crippen LogP contribution in [0, 0.1) is 0 Å². The van der Waals surface area contributed by atoms with Gasteiger partial charge in [0.25, 0.3) is 0 Å². The van der Waals surface area contributed by atoms with Crippen molar-refractivity contribution >= 4 is 5.97 Å². The molecule has 0 N–H and O–H groups in total. The third-order valence-electron chi connectivity index (χ3n) is 12.4. The molecule has 0 aromatic rings. The molecule has 2 heteroatoms. The second kappa shape index (κ2) is 52.2. The van der Waals surface area contributed by atoms with Gasteiger partial charge in [0.15, 0.2) is 0 Å². The van der Waals surface area contributed by atoms with Crippen molar-refractivity contribution in [3.8, 4) is 0 Å². The molecule has 0 saturated heterocycles. The third-order valence-corrected chi connectivity index (χ3v) is 12.4. The maximum atomic E-state index is 12.0. The Labute approximate surface area is 355 Å². The van der Waals surface area contributed by atoms with E-state index in [9.17, 15) is 4.79 Å². The van der Waals surface area contributed by atoms with Crippen LogP contribution in [0.3, 0.4) is 0 Å². The lowest BCUT2D eigenvalue weighted by Gasteiger charge is -2.06. The summed E-state index contributed by atoms with van der Waals surface area (Å²) < 4.78 is 5.49. The van der Waals surface area contributed by atoms with Crippen LogP contribution in [0.25, 0.3) is 0 Å². The summed E-state index contributed by atoms with van der Waals surface area (Å²) in [5.74, 6) is 0.0264. The van der Waals surface area contributed by atoms with Gasteiger partial charge in [0.1, 0.15) is 0 Å². The van der Waals surface area contributed by atoms with Gasteiger partial charge in [-0.3, -0.25) is 4.79 Å². The molecule has 0 aliphatic heterocycles. The summed E-state index contributed by atoms with van der Waals surface area (Å²) in [5, 5.41) is 0. The lowest BCUT2D eigenvalue weighted by Crippen LogP contribution is -2.05. The van der Waals surface area contributed by atoms with Crippen LogP contribution in [0.15, 0.2) is 12.2 Å². The van der Waals surface area contributed by atoms with Gasteiger partial charge in [0.05, 0.1) is 6.61 Å². The predicted octanol–water partition coefficient (Wildman–Crippen LogP) is 19.9. The number of hydrogen-bond acceptors (Lipinski definition) is 2. The van der Waals surface area contributed by atoms with Crippen molar-refractivity contribution in [2.24, 2.45) is 0 Å². The average Bonchev–Trinajstić information content (AvgIpc) is 3.20. The summed E-state index contributed by atoms with van der Waals surface area (Å²) in [4.78, 5) is 12.0. The Hall–Kier alpha value is -0.790. The zero-order chi connectivity index (χ0) is 40.3. The Morgan fingerprint density at radius 3 is 0.768 bits per heavy atom. The normalized spacial score (nSPS) is 11.7. The molecular weight excluding hydrogens is 681 g/mol. The predicted molar refractivity (Wildman–Crippen MR) is 253 cm³/mol. The van der Waals surface area contributed by atoms with Crippen LogP contribution in [0.2, 0.25) is 0 Å². The molecule has 0 rings (SSSR count). The molecule has 0 atom stereocenters. The molecule has 0 unspecified atom stereocenters. The first kappa shape index (κ1) is 55.2. The lowest BCUT2D eigenvalue weighted by molar-refractivity contribution is -0.143. The first-order valence-electron chi connectivity index (χ1n) is 26.6. The second-order valence-corrected chi connectivity index (χ2v) is 18.2. The minimum Gasteiger partial charge on any atom is -0.466 e. The monoisotopic (exact) mass is 787 g/mol. The topological polar surface area (TPSA) is 26.3 Å². The van der Waals surface area contributed by atoms with E-state index in [1.54, 1.807) is 0 Å². The summed E-state index contributed by atoms with van der Waals surface area (Å²) >= 11 is 0. The highest BCUT2D eigenvalue weighted by molar-refractivity contribution is 5.69. The standard InChI is InChI=1S/C54H106O2/c1-3-5-7-9-11-13-15-17-19-21-22-23-24-25-26-27-28-29-30-31-32-33-34-35-37-39-41-43-45-47-49-51-53-56-54(55)52-50-48-46-44-42-40-38-36-20-18-16-14-12-10-8-6-4-2/h18,20H,3-17,19,21-53H2,1-2H3. The van der Waals surface area contributed by atoms with Crippen LogP contribution in [-0.2, 0) is 9.53 Å². The SMILES string of the molecule is CCCCCCCCC=CCCCCCCCCCC(=O)OCCCCCCCCCCCCCCCCCCCCCCCCCCCCCCCCCC. The molecule has 334 valence electrons. The largest absolute Gasteiger partial charge is 0.466 e. The van der Waals surface area contributed by atoms with Crippen molar-refractivity contribution < 1.29 is 9.53 Å². The smallest absolute Gasteiger partial charge is 0.305 e. The van der Waals surface area contributed by atoms with Crippen LogP contribution < -0.4 is 0 Å². The quantitative estimate of drug-likeness (QED) is 0.0349. The van der Waals surface area contributed by atoms with Crippen LogP contribution >= 0.6 is 0 Å². The summed E-state index contributed by atoms with van der Waals surface area (Å²) in [5.41, 5.74) is 0. The molecule has 0 saturated carbocycles. The van der Waals surface area contributed by atoms with Crippen LogP contribution in [0.4, 0.5) is 0 Å². The first-order valence-corrected chi connectivity index (χ1v) is 26.6. The van der Waals surface area contributed by atoms with Crippen molar-refractivity contribution in [2.75, 3.05) is 6.61 Å². The van der Waals surface area contributed by atoms with Crippen LogP contribution in [0.1, 0.15) is 322 Å². The Morgan fingerprint density at radius 1 is 0.286 bits per heavy atom. The summed E-state index contributed by atoms with van der Waals surface area (Å²) in [7, 11) is 0. The van der Waals surface area contributed by atoms with E-state index in [4.69, 9.17) is 4.74 Å². The number of unbranched alkanes of at least 4 members (excludes halogenated alkanes) is 44. The van der Waals surface area contributed by atoms with E-state index in [1.807, 2.05) is 0 Å². The summed E-state index contributed by atoms with van der Waals surface area (Å²) in [6, 6.07) is 0. The van der Waals surface area contributed by atoms with E-state index >= 15 is 0 Å². The zero-order valence-electron chi connectivity index (χ0n) is 39.1. The van der Waals surface area contributed by atoms with Crippen molar-refractivity contribution in [1.82, 2.24) is 0 Å². The van der Waals surface area contributed by atoms with E-state index in [-0.39, 0.29) is 5.97 Å². The van der Waals surface area contributed by atoms with Crippen LogP contribution in [-0.4, -0.2) is 12.6 Å². The van der Waals surface area contributed by atoms with E-state index in [0.29, 0.717) is 13.0 Å². The molecule has 0 spiro atoms. The molecule has 0 aromatic carbocycles. The van der Waals surface area contributed by atoms with Gasteiger partial charge in [-0.05, 0) is 38.5 Å². The second-order valence-electron chi connectivity index (χ2n) is 18.2. The van der Waals surface area contributed by atoms with Gasteiger partial charge < -0.3 is 4.74 Å². The number of hydrogen-bond donors (Lipinski definition) is 0. The van der Waals surface area contributed by atoms with Gasteiger partial charge >= 0.3 is 5.97 Å². The Bertz CT molecular complexity index is 728. The number of carbonyl (C=O) groups excluding carboxylic acids is 1. The number of esters is 1. The lowest BCUT2D eigenvalue weighted by atomic mass is 10.0. The maximum Gasteiger partial charge on any atom is 0.305 e. The molecule has 0 bridgehead atoms. The highest BCUT2D eigenvalue weighted by Crippen LogP contribution is 2.17. The summed E-state index contributed by atoms with van der Waals surface area (Å²) in [6.45, 7) is 5.22. The van der Waals surface area contributed by atoms with Crippen molar-refractivity contribution in [2.45, 2.75) is 322 Å². The van der Waals surface area contributed by atoms with Gasteiger partial charge in [0, 0.05) is 6.42 Å². The average molecular weight is 787 g/mol. The van der Waals surface area contributed by atoms with Gasteiger partial charge in [-0.1, -0.05) is 289 Å². The van der Waals surface area contributed by atoms with Gasteiger partial charge in [0.2, 0.25) is 0 Å². The van der Waals surface area contributed by atoms with Gasteiger partial charge in [-0.2, -0.15) is 0 Å². The number of allylic oxidation sites excluding steroid dienone is 2. The molecule has 0 radical (unpaired) electrons. The third kappa shape index (κ3) is 51.2. The van der Waals surface area contributed by atoms with Crippen molar-refractivity contribution in [1.29, 1.82) is 0 Å². The number of carbonyl (C=O) groups is 1. The first-order chi connectivity index (χ1) is 27.8. The fourth-order valence-electron chi connectivity index (χ4n) is 8.43. The number of rotatable bonds is 50. The van der Waals surface area contributed by atoms with Gasteiger partial charge in [-0.15, -0.1) is 0 Å². The highest BCUT2D eigenvalue weighted by Gasteiger charge is 2.03. The Balaban J connectivity index is 3.15. The Kier molecular flexibility index (Phi) is 51.5. The van der Waals surface area contributed by atoms with Crippen LogP contribution in [0.5, 0.6) is 0 Å². The maximum absolute atomic E-state index is 12.0. The minimum atomic E-state index is 0.0264. The fraction of sp³-hybridized carbons (Fsp3) is 0.944. The fourth-order valence-corrected chi connectivity index (χ4v) is 8.43. The number of ether oxygens (including phenoxy) is 1. The van der Waals surface area contributed by atoms with E-state index in [1.165, 1.54) is 289 Å². The zero-order valence-corrected chi connectivity index (χ0v) is 39.1. The van der Waals surface area contributed by atoms with Gasteiger partial charge in [-0.25, -0.2) is 0 Å². The van der Waals surface area contributed by atoms with Crippen molar-refractivity contribution in [3.05, 3.63) is 12.2 Å². The minimum absolute atomic E-state index is 0.0264. The molecule has 2 nitrogen and oxygen atoms in total. The molecule has 0 fully saturated rings. The van der Waals surface area contributed by atoms with E-state index in [0.717, 1.165) is 12.8 Å². The summed E-state index contributed by atoms with van der Waals surface area (Å²) in [6.07, 6.45) is 70.9. The molecule has 0 aromatic heterocycles. The molecule has 56 heavy (non-hydrogen) atoms. The molecule has 0 aliphatic rings. The molecular formula is C54H106O2. The van der Waals surface area contributed by atoms with E-state index in [2.05, 4.69) is 26.0 Å². The van der Waals surface area contributed by atoms with E-state index < -0.39 is 0 Å². The molecule has 0 aliphatic carbocycles. The molecule has 0 heterocycles. The Morgan fingerprint density at radius 2 is 0.500 bits per heavy atom. The highest BCUT2D eigenvalue weighted by atomic mass is 16.5.